The highest BCUT2D eigenvalue weighted by atomic mass is 32.2. The summed E-state index contributed by atoms with van der Waals surface area (Å²) in [6, 6.07) is 15.6. The molecule has 0 aromatic heterocycles. The molecule has 0 radical (unpaired) electrons. The van der Waals surface area contributed by atoms with Crippen LogP contribution in [0.25, 0.3) is 0 Å². The molecule has 2 aromatic rings. The summed E-state index contributed by atoms with van der Waals surface area (Å²) >= 11 is 3.46. The van der Waals surface area contributed by atoms with Gasteiger partial charge in [-0.25, -0.2) is 0 Å². The quantitative estimate of drug-likeness (QED) is 0.823. The third kappa shape index (κ3) is 4.05. The van der Waals surface area contributed by atoms with Gasteiger partial charge < -0.3 is 5.32 Å². The summed E-state index contributed by atoms with van der Waals surface area (Å²) in [6.07, 6.45) is 4.10. The van der Waals surface area contributed by atoms with E-state index in [1.165, 1.54) is 10.5 Å². The van der Waals surface area contributed by atoms with E-state index in [9.17, 15) is 4.79 Å². The maximum atomic E-state index is 12.1. The Kier molecular flexibility index (Phi) is 5.56. The predicted octanol–water partition coefficient (Wildman–Crippen LogP) is 4.52. The number of amides is 1. The second kappa shape index (κ2) is 7.41. The first-order chi connectivity index (χ1) is 9.72. The minimum absolute atomic E-state index is 0.0717. The van der Waals surface area contributed by atoms with Crippen LogP contribution in [-0.4, -0.2) is 18.4 Å². The van der Waals surface area contributed by atoms with Crippen LogP contribution in [0.2, 0.25) is 0 Å². The molecular weight excluding hydrogens is 286 g/mol. The van der Waals surface area contributed by atoms with Crippen LogP contribution in [0.15, 0.2) is 53.4 Å². The van der Waals surface area contributed by atoms with Crippen molar-refractivity contribution in [2.75, 3.05) is 17.8 Å². The van der Waals surface area contributed by atoms with Gasteiger partial charge in [-0.15, -0.1) is 11.8 Å². The van der Waals surface area contributed by atoms with Crippen molar-refractivity contribution in [2.45, 2.75) is 10.6 Å². The van der Waals surface area contributed by atoms with Gasteiger partial charge in [0, 0.05) is 21.9 Å². The van der Waals surface area contributed by atoms with E-state index >= 15 is 0 Å². The van der Waals surface area contributed by atoms with Crippen molar-refractivity contribution in [3.63, 3.8) is 0 Å². The molecule has 0 fully saturated rings. The van der Waals surface area contributed by atoms with E-state index in [2.05, 4.69) is 11.6 Å². The maximum Gasteiger partial charge on any atom is 0.255 e. The molecule has 0 aliphatic rings. The lowest BCUT2D eigenvalue weighted by molar-refractivity contribution is 0.102. The number of carbonyl (C=O) groups is 1. The Balaban J connectivity index is 2.03. The zero-order chi connectivity index (χ0) is 14.4. The van der Waals surface area contributed by atoms with E-state index in [0.717, 1.165) is 11.4 Å². The molecule has 1 amide bonds. The summed E-state index contributed by atoms with van der Waals surface area (Å²) < 4.78 is 0. The van der Waals surface area contributed by atoms with Gasteiger partial charge in [-0.1, -0.05) is 12.1 Å². The standard InChI is InChI=1S/C16H17NOS2/c1-19-11-12-3-5-13(6-4-12)16(18)17-14-7-9-15(20-2)10-8-14/h3-10H,11H2,1-2H3,(H,17,18). The molecule has 4 heteroatoms. The van der Waals surface area contributed by atoms with Gasteiger partial charge in [0.15, 0.2) is 0 Å². The van der Waals surface area contributed by atoms with E-state index in [4.69, 9.17) is 0 Å². The van der Waals surface area contributed by atoms with Gasteiger partial charge in [0.05, 0.1) is 0 Å². The molecule has 0 atom stereocenters. The fraction of sp³-hybridized carbons (Fsp3) is 0.188. The molecule has 20 heavy (non-hydrogen) atoms. The molecular formula is C16H17NOS2. The Labute approximate surface area is 128 Å². The number of carbonyl (C=O) groups excluding carboxylic acids is 1. The molecule has 1 N–H and O–H groups in total. The Bertz CT molecular complexity index is 564. The molecule has 0 saturated heterocycles. The first-order valence-corrected chi connectivity index (χ1v) is 8.88. The second-order valence-corrected chi connectivity index (χ2v) is 6.06. The smallest absolute Gasteiger partial charge is 0.255 e. The first-order valence-electron chi connectivity index (χ1n) is 6.26. The molecule has 2 nitrogen and oxygen atoms in total. The molecule has 0 aliphatic heterocycles. The highest BCUT2D eigenvalue weighted by Gasteiger charge is 2.05. The van der Waals surface area contributed by atoms with Crippen LogP contribution in [0, 0.1) is 0 Å². The van der Waals surface area contributed by atoms with Crippen LogP contribution in [0.4, 0.5) is 5.69 Å². The van der Waals surface area contributed by atoms with E-state index in [0.29, 0.717) is 5.56 Å². The van der Waals surface area contributed by atoms with Gasteiger partial charge >= 0.3 is 0 Å². The number of hydrogen-bond acceptors (Lipinski definition) is 3. The van der Waals surface area contributed by atoms with Gasteiger partial charge in [0.2, 0.25) is 0 Å². The number of benzene rings is 2. The monoisotopic (exact) mass is 303 g/mol. The van der Waals surface area contributed by atoms with Crippen molar-refractivity contribution in [3.8, 4) is 0 Å². The molecule has 0 saturated carbocycles. The molecule has 0 spiro atoms. The van der Waals surface area contributed by atoms with Crippen molar-refractivity contribution < 1.29 is 4.79 Å². The largest absolute Gasteiger partial charge is 0.322 e. The van der Waals surface area contributed by atoms with E-state index < -0.39 is 0 Å². The number of thioether (sulfide) groups is 2. The normalized spacial score (nSPS) is 10.3. The summed E-state index contributed by atoms with van der Waals surface area (Å²) in [7, 11) is 0. The van der Waals surface area contributed by atoms with Crippen molar-refractivity contribution in [3.05, 3.63) is 59.7 Å². The highest BCUT2D eigenvalue weighted by Crippen LogP contribution is 2.18. The van der Waals surface area contributed by atoms with Gasteiger partial charge in [0.1, 0.15) is 0 Å². The Morgan fingerprint density at radius 3 is 2.20 bits per heavy atom. The average Bonchev–Trinajstić information content (AvgIpc) is 2.49. The number of hydrogen-bond donors (Lipinski definition) is 1. The molecule has 2 rings (SSSR count). The van der Waals surface area contributed by atoms with Crippen LogP contribution in [-0.2, 0) is 5.75 Å². The summed E-state index contributed by atoms with van der Waals surface area (Å²) in [6.45, 7) is 0. The number of nitrogens with one attached hydrogen (secondary N) is 1. The van der Waals surface area contributed by atoms with Gasteiger partial charge in [-0.05, 0) is 54.5 Å². The van der Waals surface area contributed by atoms with Gasteiger partial charge in [-0.2, -0.15) is 11.8 Å². The topological polar surface area (TPSA) is 29.1 Å². The molecule has 0 unspecified atom stereocenters. The first kappa shape index (κ1) is 15.0. The zero-order valence-electron chi connectivity index (χ0n) is 11.6. The maximum absolute atomic E-state index is 12.1. The zero-order valence-corrected chi connectivity index (χ0v) is 13.2. The number of anilines is 1. The fourth-order valence-electron chi connectivity index (χ4n) is 1.80. The Morgan fingerprint density at radius 2 is 1.65 bits per heavy atom. The lowest BCUT2D eigenvalue weighted by atomic mass is 10.1. The summed E-state index contributed by atoms with van der Waals surface area (Å²) in [4.78, 5) is 13.3. The summed E-state index contributed by atoms with van der Waals surface area (Å²) in [5.74, 6) is 0.899. The summed E-state index contributed by atoms with van der Waals surface area (Å²) in [5, 5.41) is 2.91. The molecule has 104 valence electrons. The van der Waals surface area contributed by atoms with E-state index in [1.54, 1.807) is 23.5 Å². The van der Waals surface area contributed by atoms with Crippen LogP contribution in [0.3, 0.4) is 0 Å². The van der Waals surface area contributed by atoms with Crippen LogP contribution < -0.4 is 5.32 Å². The average molecular weight is 303 g/mol. The minimum Gasteiger partial charge on any atom is -0.322 e. The Hall–Kier alpha value is -1.39. The van der Waals surface area contributed by atoms with Crippen molar-refractivity contribution in [2.24, 2.45) is 0 Å². The van der Waals surface area contributed by atoms with Crippen molar-refractivity contribution in [1.82, 2.24) is 0 Å². The second-order valence-electron chi connectivity index (χ2n) is 4.31. The lowest BCUT2D eigenvalue weighted by Gasteiger charge is -2.06. The van der Waals surface area contributed by atoms with Crippen molar-refractivity contribution in [1.29, 1.82) is 0 Å². The molecule has 2 aromatic carbocycles. The Morgan fingerprint density at radius 1 is 1.00 bits per heavy atom. The highest BCUT2D eigenvalue weighted by molar-refractivity contribution is 7.98. The molecule has 0 aliphatic carbocycles. The fourth-order valence-corrected chi connectivity index (χ4v) is 2.73. The third-order valence-electron chi connectivity index (χ3n) is 2.88. The van der Waals surface area contributed by atoms with E-state index in [1.807, 2.05) is 54.8 Å². The van der Waals surface area contributed by atoms with E-state index in [-0.39, 0.29) is 5.91 Å². The third-order valence-corrected chi connectivity index (χ3v) is 4.24. The SMILES string of the molecule is CSCc1ccc(C(=O)Nc2ccc(SC)cc2)cc1. The lowest BCUT2D eigenvalue weighted by Crippen LogP contribution is -2.11. The van der Waals surface area contributed by atoms with Crippen LogP contribution in [0.1, 0.15) is 15.9 Å². The van der Waals surface area contributed by atoms with Crippen LogP contribution >= 0.6 is 23.5 Å². The van der Waals surface area contributed by atoms with Gasteiger partial charge in [0.25, 0.3) is 5.91 Å². The summed E-state index contributed by atoms with van der Waals surface area (Å²) in [5.41, 5.74) is 2.74. The van der Waals surface area contributed by atoms with Gasteiger partial charge in [-0.3, -0.25) is 4.79 Å². The predicted molar refractivity (Wildman–Crippen MR) is 89.8 cm³/mol. The van der Waals surface area contributed by atoms with Crippen LogP contribution in [0.5, 0.6) is 0 Å². The molecule has 0 heterocycles. The van der Waals surface area contributed by atoms with Crippen molar-refractivity contribution >= 4 is 35.1 Å². The minimum atomic E-state index is -0.0717. The number of rotatable bonds is 5. The molecule has 0 bridgehead atoms.